The molecule has 0 saturated heterocycles. The quantitative estimate of drug-likeness (QED) is 0.348. The summed E-state index contributed by atoms with van der Waals surface area (Å²) in [5.41, 5.74) is 2.83. The molecule has 0 unspecified atom stereocenters. The van der Waals surface area contributed by atoms with Crippen molar-refractivity contribution in [3.8, 4) is 11.5 Å². The number of rotatable bonds is 5. The number of aromatic amines is 1. The Bertz CT molecular complexity index is 1360. The van der Waals surface area contributed by atoms with Gasteiger partial charge in [-0.05, 0) is 24.3 Å². The van der Waals surface area contributed by atoms with E-state index in [0.717, 1.165) is 27.9 Å². The van der Waals surface area contributed by atoms with Gasteiger partial charge >= 0.3 is 5.00 Å². The maximum Gasteiger partial charge on any atom is 0.324 e. The normalized spacial score (nSPS) is 12.5. The maximum absolute atomic E-state index is 12.7. The number of H-pyrrole nitrogens is 1. The van der Waals surface area contributed by atoms with Crippen LogP contribution in [-0.4, -0.2) is 27.8 Å². The van der Waals surface area contributed by atoms with Crippen molar-refractivity contribution in [3.05, 3.63) is 74.8 Å². The van der Waals surface area contributed by atoms with Crippen LogP contribution in [0, 0.1) is 10.1 Å². The summed E-state index contributed by atoms with van der Waals surface area (Å²) >= 11 is 0.813. The second-order valence-corrected chi connectivity index (χ2v) is 7.69. The highest BCUT2D eigenvalue weighted by molar-refractivity contribution is 7.17. The molecule has 2 aromatic carbocycles. The average Bonchev–Trinajstić information content (AvgIpc) is 3.51. The molecule has 1 aliphatic rings. The van der Waals surface area contributed by atoms with Gasteiger partial charge in [-0.1, -0.05) is 35.6 Å². The molecule has 5 rings (SSSR count). The number of carbonyl (C=O) groups is 1. The number of anilines is 1. The highest BCUT2D eigenvalue weighted by Crippen LogP contribution is 2.38. The molecule has 3 heterocycles. The number of nitro groups is 1. The Morgan fingerprint density at radius 2 is 1.97 bits per heavy atom. The minimum atomic E-state index is -0.523. The third kappa shape index (κ3) is 3.60. The Balaban J connectivity index is 1.48. The lowest BCUT2D eigenvalue weighted by Crippen LogP contribution is -2.11. The van der Waals surface area contributed by atoms with Crippen LogP contribution in [0.4, 0.5) is 10.7 Å². The van der Waals surface area contributed by atoms with Gasteiger partial charge in [0, 0.05) is 23.1 Å². The third-order valence-corrected chi connectivity index (χ3v) is 5.74. The molecule has 10 heteroatoms. The van der Waals surface area contributed by atoms with Gasteiger partial charge in [-0.15, -0.1) is 0 Å². The van der Waals surface area contributed by atoms with Crippen LogP contribution in [0.5, 0.6) is 11.5 Å². The summed E-state index contributed by atoms with van der Waals surface area (Å²) in [7, 11) is 0. The highest BCUT2D eigenvalue weighted by atomic mass is 32.1. The Hall–Kier alpha value is -4.18. The molecule has 0 bridgehead atoms. The number of nitrogens with one attached hydrogen (secondary N) is 2. The van der Waals surface area contributed by atoms with E-state index in [0.29, 0.717) is 22.7 Å². The number of para-hydroxylation sites is 1. The molecule has 1 aliphatic heterocycles. The zero-order valence-electron chi connectivity index (χ0n) is 15.8. The monoisotopic (exact) mass is 434 g/mol. The SMILES string of the molecule is O=C(Nc1cc2c(cc1/C=C/c1n[nH]c3ccccc13)OCO2)c1ccc([N+](=O)[O-])s1. The Morgan fingerprint density at radius 1 is 1.16 bits per heavy atom. The number of benzene rings is 2. The van der Waals surface area contributed by atoms with Crippen LogP contribution in [-0.2, 0) is 0 Å². The first kappa shape index (κ1) is 18.8. The molecule has 4 aromatic rings. The fourth-order valence-corrected chi connectivity index (χ4v) is 3.93. The molecule has 0 fully saturated rings. The molecule has 2 aromatic heterocycles. The molecule has 0 aliphatic carbocycles. The van der Waals surface area contributed by atoms with Crippen molar-refractivity contribution in [3.63, 3.8) is 0 Å². The number of aromatic nitrogens is 2. The zero-order chi connectivity index (χ0) is 21.4. The number of ether oxygens (including phenoxy) is 2. The molecule has 0 saturated carbocycles. The molecule has 31 heavy (non-hydrogen) atoms. The van der Waals surface area contributed by atoms with E-state index in [1.54, 1.807) is 12.1 Å². The second-order valence-electron chi connectivity index (χ2n) is 6.63. The summed E-state index contributed by atoms with van der Waals surface area (Å²) < 4.78 is 10.9. The summed E-state index contributed by atoms with van der Waals surface area (Å²) in [5.74, 6) is 0.628. The number of amides is 1. The van der Waals surface area contributed by atoms with Crippen LogP contribution >= 0.6 is 11.3 Å². The van der Waals surface area contributed by atoms with Crippen LogP contribution in [0.3, 0.4) is 0 Å². The van der Waals surface area contributed by atoms with Crippen LogP contribution in [0.15, 0.2) is 48.5 Å². The van der Waals surface area contributed by atoms with Crippen molar-refractivity contribution in [2.24, 2.45) is 0 Å². The van der Waals surface area contributed by atoms with Crippen LogP contribution in [0.2, 0.25) is 0 Å². The van der Waals surface area contributed by atoms with Gasteiger partial charge in [0.05, 0.1) is 26.7 Å². The lowest BCUT2D eigenvalue weighted by molar-refractivity contribution is -0.380. The number of nitrogens with zero attached hydrogens (tertiary/aromatic N) is 2. The topological polar surface area (TPSA) is 119 Å². The standard InChI is InChI=1S/C21H14N4O5S/c26-21(19-7-8-20(31-19)25(27)28)22-16-10-18-17(29-11-30-18)9-12(16)5-6-15-13-3-1-2-4-14(13)23-24-15/h1-10H,11H2,(H,22,26)(H,23,24)/b6-5+. The number of hydrogen-bond acceptors (Lipinski definition) is 7. The van der Waals surface area contributed by atoms with Gasteiger partial charge in [-0.2, -0.15) is 5.10 Å². The summed E-state index contributed by atoms with van der Waals surface area (Å²) in [6.45, 7) is 0.0943. The fourth-order valence-electron chi connectivity index (χ4n) is 3.22. The molecule has 0 radical (unpaired) electrons. The summed E-state index contributed by atoms with van der Waals surface area (Å²) in [6, 6.07) is 13.9. The summed E-state index contributed by atoms with van der Waals surface area (Å²) in [6.07, 6.45) is 3.65. The predicted octanol–water partition coefficient (Wildman–Crippen LogP) is 4.68. The Kier molecular flexibility index (Phi) is 4.60. The maximum atomic E-state index is 12.7. The van der Waals surface area contributed by atoms with Gasteiger partial charge in [-0.3, -0.25) is 20.0 Å². The first-order valence-corrected chi connectivity index (χ1v) is 10.0. The zero-order valence-corrected chi connectivity index (χ0v) is 16.6. The van der Waals surface area contributed by atoms with Crippen LogP contribution in [0.1, 0.15) is 20.9 Å². The smallest absolute Gasteiger partial charge is 0.324 e. The van der Waals surface area contributed by atoms with Gasteiger partial charge in [0.2, 0.25) is 6.79 Å². The first-order valence-electron chi connectivity index (χ1n) is 9.19. The van der Waals surface area contributed by atoms with Gasteiger partial charge in [-0.25, -0.2) is 0 Å². The number of carbonyl (C=O) groups excluding carboxylic acids is 1. The van der Waals surface area contributed by atoms with Crippen molar-refractivity contribution < 1.29 is 19.2 Å². The largest absolute Gasteiger partial charge is 0.454 e. The van der Waals surface area contributed by atoms with E-state index in [4.69, 9.17) is 9.47 Å². The van der Waals surface area contributed by atoms with Crippen molar-refractivity contribution in [2.45, 2.75) is 0 Å². The van der Waals surface area contributed by atoms with E-state index in [2.05, 4.69) is 15.5 Å². The minimum absolute atomic E-state index is 0.0943. The average molecular weight is 434 g/mol. The fraction of sp³-hybridized carbons (Fsp3) is 0.0476. The number of thiophene rings is 1. The summed E-state index contributed by atoms with van der Waals surface area (Å²) in [5, 5.41) is 21.9. The van der Waals surface area contributed by atoms with Crippen molar-refractivity contribution in [2.75, 3.05) is 12.1 Å². The molecule has 9 nitrogen and oxygen atoms in total. The first-order chi connectivity index (χ1) is 15.1. The van der Waals surface area contributed by atoms with E-state index in [1.807, 2.05) is 36.4 Å². The molecule has 2 N–H and O–H groups in total. The van der Waals surface area contributed by atoms with Gasteiger partial charge in [0.25, 0.3) is 5.91 Å². The van der Waals surface area contributed by atoms with Gasteiger partial charge in [0.1, 0.15) is 0 Å². The number of fused-ring (bicyclic) bond motifs is 2. The molecule has 1 amide bonds. The lowest BCUT2D eigenvalue weighted by Gasteiger charge is -2.09. The third-order valence-electron chi connectivity index (χ3n) is 4.71. The van der Waals surface area contributed by atoms with Crippen molar-refractivity contribution in [1.82, 2.24) is 10.2 Å². The van der Waals surface area contributed by atoms with E-state index in [1.165, 1.54) is 12.1 Å². The second kappa shape index (κ2) is 7.58. The van der Waals surface area contributed by atoms with Crippen molar-refractivity contribution in [1.29, 1.82) is 0 Å². The van der Waals surface area contributed by atoms with E-state index >= 15 is 0 Å². The molecular formula is C21H14N4O5S. The predicted molar refractivity (Wildman–Crippen MR) is 117 cm³/mol. The van der Waals surface area contributed by atoms with E-state index < -0.39 is 10.8 Å². The van der Waals surface area contributed by atoms with E-state index in [9.17, 15) is 14.9 Å². The number of hydrogen-bond donors (Lipinski definition) is 2. The minimum Gasteiger partial charge on any atom is -0.454 e. The highest BCUT2D eigenvalue weighted by Gasteiger charge is 2.20. The van der Waals surface area contributed by atoms with Crippen LogP contribution in [0.25, 0.3) is 23.1 Å². The van der Waals surface area contributed by atoms with Crippen molar-refractivity contribution >= 4 is 51.0 Å². The molecule has 0 atom stereocenters. The van der Waals surface area contributed by atoms with E-state index in [-0.39, 0.29) is 16.7 Å². The molecular weight excluding hydrogens is 420 g/mol. The lowest BCUT2D eigenvalue weighted by atomic mass is 10.1. The van der Waals surface area contributed by atoms with Crippen LogP contribution < -0.4 is 14.8 Å². The summed E-state index contributed by atoms with van der Waals surface area (Å²) in [4.78, 5) is 23.3. The Labute approximate surface area is 179 Å². The van der Waals surface area contributed by atoms with Gasteiger partial charge in [0.15, 0.2) is 11.5 Å². The Morgan fingerprint density at radius 3 is 2.77 bits per heavy atom. The van der Waals surface area contributed by atoms with Gasteiger partial charge < -0.3 is 14.8 Å². The molecule has 154 valence electrons. The molecule has 0 spiro atoms.